The number of para-hydroxylation sites is 1. The highest BCUT2D eigenvalue weighted by Crippen LogP contribution is 2.09. The van der Waals surface area contributed by atoms with Gasteiger partial charge in [-0.15, -0.1) is 0 Å². The molecule has 0 radical (unpaired) electrons. The Morgan fingerprint density at radius 3 is 2.21 bits per heavy atom. The van der Waals surface area contributed by atoms with Gasteiger partial charge in [-0.05, 0) is 29.9 Å². The maximum Gasteiger partial charge on any atom is 0.173 e. The van der Waals surface area contributed by atoms with Crippen LogP contribution >= 0.6 is 12.2 Å². The largest absolute Gasteiger partial charge is 0.346 e. The Morgan fingerprint density at radius 1 is 0.917 bits per heavy atom. The van der Waals surface area contributed by atoms with Crippen molar-refractivity contribution >= 4 is 29.1 Å². The zero-order valence-corrected chi connectivity index (χ0v) is 14.6. The summed E-state index contributed by atoms with van der Waals surface area (Å²) < 4.78 is 0. The minimum atomic E-state index is 0.820. The normalized spacial score (nSPS) is 15.6. The molecule has 0 atom stereocenters. The van der Waals surface area contributed by atoms with E-state index in [0.29, 0.717) is 0 Å². The Bertz CT molecular complexity index is 662. The van der Waals surface area contributed by atoms with Gasteiger partial charge in [-0.2, -0.15) is 0 Å². The monoisotopic (exact) mass is 337 g/mol. The molecule has 1 fully saturated rings. The van der Waals surface area contributed by atoms with E-state index in [0.717, 1.165) is 43.5 Å². The number of nitrogens with zero attached hydrogens (tertiary/aromatic N) is 2. The quantitative estimate of drug-likeness (QED) is 0.857. The number of nitrogens with one attached hydrogen (secondary N) is 1. The van der Waals surface area contributed by atoms with E-state index >= 15 is 0 Å². The van der Waals surface area contributed by atoms with Crippen molar-refractivity contribution in [2.24, 2.45) is 0 Å². The van der Waals surface area contributed by atoms with E-state index in [-0.39, 0.29) is 0 Å². The first kappa shape index (κ1) is 16.7. The highest BCUT2D eigenvalue weighted by Gasteiger charge is 2.17. The van der Waals surface area contributed by atoms with Gasteiger partial charge in [-0.3, -0.25) is 4.90 Å². The molecule has 1 saturated heterocycles. The molecule has 1 N–H and O–H groups in total. The standard InChI is InChI=1S/C20H23N3S/c24-20(21-19-11-5-2-6-12-19)23-16-14-22(15-17-23)13-7-10-18-8-3-1-4-9-18/h1-12H,13-17H2,(H,21,24). The third-order valence-corrected chi connectivity index (χ3v) is 4.52. The van der Waals surface area contributed by atoms with Gasteiger partial charge in [0.05, 0.1) is 0 Å². The fourth-order valence-electron chi connectivity index (χ4n) is 2.76. The van der Waals surface area contributed by atoms with Crippen LogP contribution in [0.4, 0.5) is 5.69 Å². The highest BCUT2D eigenvalue weighted by atomic mass is 32.1. The second kappa shape index (κ2) is 8.62. The average molecular weight is 337 g/mol. The SMILES string of the molecule is S=C(Nc1ccccc1)N1CCN(CC=Cc2ccccc2)CC1. The molecule has 0 saturated carbocycles. The Hall–Kier alpha value is -2.17. The number of hydrogen-bond acceptors (Lipinski definition) is 2. The summed E-state index contributed by atoms with van der Waals surface area (Å²) in [6.07, 6.45) is 4.43. The molecule has 1 heterocycles. The molecule has 1 aliphatic rings. The fourth-order valence-corrected chi connectivity index (χ4v) is 3.06. The lowest BCUT2D eigenvalue weighted by Crippen LogP contribution is -2.49. The Labute approximate surface area is 149 Å². The molecular weight excluding hydrogens is 314 g/mol. The fraction of sp³-hybridized carbons (Fsp3) is 0.250. The van der Waals surface area contributed by atoms with Gasteiger partial charge in [-0.1, -0.05) is 60.7 Å². The maximum absolute atomic E-state index is 5.53. The van der Waals surface area contributed by atoms with Crippen LogP contribution in [0.2, 0.25) is 0 Å². The van der Waals surface area contributed by atoms with E-state index in [1.807, 2.05) is 36.4 Å². The zero-order valence-electron chi connectivity index (χ0n) is 13.8. The second-order valence-corrected chi connectivity index (χ2v) is 6.28. The first-order valence-corrected chi connectivity index (χ1v) is 8.77. The van der Waals surface area contributed by atoms with Crippen LogP contribution in [0, 0.1) is 0 Å². The van der Waals surface area contributed by atoms with Gasteiger partial charge in [-0.25, -0.2) is 0 Å². The zero-order chi connectivity index (χ0) is 16.6. The predicted octanol–water partition coefficient (Wildman–Crippen LogP) is 3.71. The summed E-state index contributed by atoms with van der Waals surface area (Å²) in [5.74, 6) is 0. The smallest absolute Gasteiger partial charge is 0.173 e. The predicted molar refractivity (Wildman–Crippen MR) is 106 cm³/mol. The van der Waals surface area contributed by atoms with Crippen molar-refractivity contribution in [1.82, 2.24) is 9.80 Å². The van der Waals surface area contributed by atoms with E-state index < -0.39 is 0 Å². The van der Waals surface area contributed by atoms with E-state index in [4.69, 9.17) is 12.2 Å². The summed E-state index contributed by atoms with van der Waals surface area (Å²) >= 11 is 5.53. The number of piperazine rings is 1. The molecule has 2 aromatic rings. The third kappa shape index (κ3) is 4.91. The molecule has 0 spiro atoms. The van der Waals surface area contributed by atoms with Crippen molar-refractivity contribution in [3.63, 3.8) is 0 Å². The second-order valence-electron chi connectivity index (χ2n) is 5.90. The van der Waals surface area contributed by atoms with Gasteiger partial charge in [0.2, 0.25) is 0 Å². The van der Waals surface area contributed by atoms with Crippen LogP contribution in [0.1, 0.15) is 5.56 Å². The number of rotatable bonds is 4. The van der Waals surface area contributed by atoms with Crippen molar-refractivity contribution in [3.8, 4) is 0 Å². The van der Waals surface area contributed by atoms with Crippen LogP contribution in [-0.4, -0.2) is 47.6 Å². The molecule has 124 valence electrons. The van der Waals surface area contributed by atoms with E-state index in [9.17, 15) is 0 Å². The number of anilines is 1. The lowest BCUT2D eigenvalue weighted by atomic mass is 10.2. The van der Waals surface area contributed by atoms with Gasteiger partial charge < -0.3 is 10.2 Å². The number of thiocarbonyl (C=S) groups is 1. The first-order chi connectivity index (χ1) is 11.8. The lowest BCUT2D eigenvalue weighted by Gasteiger charge is -2.35. The summed E-state index contributed by atoms with van der Waals surface area (Å²) in [7, 11) is 0. The Morgan fingerprint density at radius 2 is 1.54 bits per heavy atom. The summed E-state index contributed by atoms with van der Waals surface area (Å²) in [5.41, 5.74) is 2.31. The van der Waals surface area contributed by atoms with Crippen LogP contribution in [0.15, 0.2) is 66.7 Å². The van der Waals surface area contributed by atoms with Crippen LogP contribution in [0.3, 0.4) is 0 Å². The van der Waals surface area contributed by atoms with E-state index in [1.165, 1.54) is 5.56 Å². The minimum Gasteiger partial charge on any atom is -0.346 e. The van der Waals surface area contributed by atoms with Gasteiger partial charge in [0.1, 0.15) is 0 Å². The van der Waals surface area contributed by atoms with Gasteiger partial charge in [0.25, 0.3) is 0 Å². The first-order valence-electron chi connectivity index (χ1n) is 8.36. The molecule has 3 rings (SSSR count). The van der Waals surface area contributed by atoms with E-state index in [2.05, 4.69) is 51.5 Å². The molecule has 0 aliphatic carbocycles. The van der Waals surface area contributed by atoms with Gasteiger partial charge >= 0.3 is 0 Å². The van der Waals surface area contributed by atoms with Crippen molar-refractivity contribution in [2.75, 3.05) is 38.0 Å². The molecule has 3 nitrogen and oxygen atoms in total. The number of hydrogen-bond donors (Lipinski definition) is 1. The number of benzene rings is 2. The van der Waals surface area contributed by atoms with Crippen molar-refractivity contribution < 1.29 is 0 Å². The molecular formula is C20H23N3S. The third-order valence-electron chi connectivity index (χ3n) is 4.16. The van der Waals surface area contributed by atoms with Crippen LogP contribution in [0.5, 0.6) is 0 Å². The van der Waals surface area contributed by atoms with Crippen molar-refractivity contribution in [3.05, 3.63) is 72.3 Å². The molecule has 24 heavy (non-hydrogen) atoms. The average Bonchev–Trinajstić information content (AvgIpc) is 2.64. The maximum atomic E-state index is 5.53. The topological polar surface area (TPSA) is 18.5 Å². The Balaban J connectivity index is 1.42. The summed E-state index contributed by atoms with van der Waals surface area (Å²) in [6, 6.07) is 20.6. The summed E-state index contributed by atoms with van der Waals surface area (Å²) in [5, 5.41) is 4.14. The Kier molecular flexibility index (Phi) is 5.99. The van der Waals surface area contributed by atoms with Crippen LogP contribution in [0.25, 0.3) is 6.08 Å². The molecule has 2 aromatic carbocycles. The van der Waals surface area contributed by atoms with Gasteiger partial charge in [0, 0.05) is 38.4 Å². The van der Waals surface area contributed by atoms with Crippen LogP contribution in [-0.2, 0) is 0 Å². The molecule has 1 aliphatic heterocycles. The highest BCUT2D eigenvalue weighted by molar-refractivity contribution is 7.80. The molecule has 0 bridgehead atoms. The summed E-state index contributed by atoms with van der Waals surface area (Å²) in [4.78, 5) is 4.71. The van der Waals surface area contributed by atoms with Crippen LogP contribution < -0.4 is 5.32 Å². The van der Waals surface area contributed by atoms with Gasteiger partial charge in [0.15, 0.2) is 5.11 Å². The molecule has 0 amide bonds. The minimum absolute atomic E-state index is 0.820. The van der Waals surface area contributed by atoms with E-state index in [1.54, 1.807) is 0 Å². The van der Waals surface area contributed by atoms with Crippen molar-refractivity contribution in [1.29, 1.82) is 0 Å². The molecule has 0 unspecified atom stereocenters. The lowest BCUT2D eigenvalue weighted by molar-refractivity contribution is 0.200. The molecule has 4 heteroatoms. The molecule has 0 aromatic heterocycles. The van der Waals surface area contributed by atoms with Crippen molar-refractivity contribution in [2.45, 2.75) is 0 Å². The summed E-state index contributed by atoms with van der Waals surface area (Å²) in [6.45, 7) is 5.00.